The maximum atomic E-state index is 12.5. The van der Waals surface area contributed by atoms with E-state index in [0.717, 1.165) is 19.5 Å². The van der Waals surface area contributed by atoms with Crippen LogP contribution in [0.5, 0.6) is 0 Å². The number of ketones is 1. The van der Waals surface area contributed by atoms with Gasteiger partial charge in [-0.05, 0) is 44.5 Å². The van der Waals surface area contributed by atoms with Gasteiger partial charge in [0, 0.05) is 0 Å². The first-order valence-corrected chi connectivity index (χ1v) is 6.57. The number of aromatic nitrogens is 4. The number of Topliss-reactive ketones (excluding diaryl/α,β-unsaturated/α-hetero) is 1. The quantitative estimate of drug-likeness (QED) is 0.766. The highest BCUT2D eigenvalue weighted by atomic mass is 16.1. The summed E-state index contributed by atoms with van der Waals surface area (Å²) in [6, 6.07) is 0. The van der Waals surface area contributed by atoms with Crippen LogP contribution in [-0.4, -0.2) is 49.5 Å². The lowest BCUT2D eigenvalue weighted by Gasteiger charge is -2.36. The van der Waals surface area contributed by atoms with Crippen LogP contribution in [0.15, 0.2) is 0 Å². The van der Waals surface area contributed by atoms with Crippen LogP contribution >= 0.6 is 0 Å². The van der Waals surface area contributed by atoms with Crippen LogP contribution in [0.3, 0.4) is 0 Å². The predicted octanol–water partition coefficient (Wildman–Crippen LogP) is 0.586. The van der Waals surface area contributed by atoms with Crippen molar-refractivity contribution in [1.29, 1.82) is 0 Å². The largest absolute Gasteiger partial charge is 0.297 e. The molecule has 0 radical (unpaired) electrons. The smallest absolute Gasteiger partial charge is 0.182 e. The van der Waals surface area contributed by atoms with E-state index in [1.165, 1.54) is 17.6 Å². The summed E-state index contributed by atoms with van der Waals surface area (Å²) >= 11 is 0. The molecule has 1 aliphatic heterocycles. The van der Waals surface area contributed by atoms with Crippen molar-refractivity contribution in [2.75, 3.05) is 13.1 Å². The Morgan fingerprint density at radius 2 is 2.06 bits per heavy atom. The van der Waals surface area contributed by atoms with Gasteiger partial charge >= 0.3 is 0 Å². The molecule has 0 aromatic carbocycles. The monoisotopic (exact) mass is 251 g/mol. The Balaban J connectivity index is 2.09. The summed E-state index contributed by atoms with van der Waals surface area (Å²) < 4.78 is 0. The van der Waals surface area contributed by atoms with E-state index in [9.17, 15) is 4.79 Å². The molecule has 1 atom stereocenters. The number of carbonyl (C=O) groups excluding carboxylic acids is 1. The second kappa shape index (κ2) is 5.14. The molecule has 2 heterocycles. The van der Waals surface area contributed by atoms with Gasteiger partial charge < -0.3 is 0 Å². The summed E-state index contributed by atoms with van der Waals surface area (Å²) in [4.78, 5) is 16.2. The standard InChI is InChI=1S/C12H21N5O/c1-4-12(2,17-7-5-6-8-17)10(18)9-11-13-15-16(3)14-11/h4-9H2,1-3H3. The van der Waals surface area contributed by atoms with Crippen molar-refractivity contribution in [2.24, 2.45) is 7.05 Å². The van der Waals surface area contributed by atoms with E-state index >= 15 is 0 Å². The van der Waals surface area contributed by atoms with Gasteiger partial charge in [-0.2, -0.15) is 4.80 Å². The average Bonchev–Trinajstić information content (AvgIpc) is 2.99. The molecule has 18 heavy (non-hydrogen) atoms. The Hall–Kier alpha value is -1.30. The number of hydrogen-bond acceptors (Lipinski definition) is 5. The van der Waals surface area contributed by atoms with Gasteiger partial charge in [-0.15, -0.1) is 10.2 Å². The molecule has 1 fully saturated rings. The van der Waals surface area contributed by atoms with Crippen LogP contribution in [0.1, 0.15) is 38.9 Å². The Morgan fingerprint density at radius 1 is 1.39 bits per heavy atom. The Bertz CT molecular complexity index is 424. The van der Waals surface area contributed by atoms with Gasteiger partial charge in [-0.3, -0.25) is 9.69 Å². The van der Waals surface area contributed by atoms with Crippen LogP contribution in [-0.2, 0) is 18.3 Å². The highest BCUT2D eigenvalue weighted by Crippen LogP contribution is 2.26. The molecule has 6 nitrogen and oxygen atoms in total. The Labute approximate surface area is 107 Å². The molecule has 0 aliphatic carbocycles. The van der Waals surface area contributed by atoms with Crippen molar-refractivity contribution in [3.8, 4) is 0 Å². The summed E-state index contributed by atoms with van der Waals surface area (Å²) in [6.45, 7) is 6.14. The van der Waals surface area contributed by atoms with Crippen molar-refractivity contribution in [3.05, 3.63) is 5.82 Å². The number of likely N-dealkylation sites (tertiary alicyclic amines) is 1. The van der Waals surface area contributed by atoms with E-state index in [0.29, 0.717) is 5.82 Å². The topological polar surface area (TPSA) is 63.9 Å². The third kappa shape index (κ3) is 2.43. The van der Waals surface area contributed by atoms with Crippen molar-refractivity contribution in [3.63, 3.8) is 0 Å². The highest BCUT2D eigenvalue weighted by molar-refractivity contribution is 5.89. The van der Waals surface area contributed by atoms with Gasteiger partial charge in [-0.1, -0.05) is 6.92 Å². The third-order valence-electron chi connectivity index (χ3n) is 3.96. The molecule has 1 aliphatic rings. The molecular weight excluding hydrogens is 230 g/mol. The van der Waals surface area contributed by atoms with Crippen molar-refractivity contribution >= 4 is 5.78 Å². The summed E-state index contributed by atoms with van der Waals surface area (Å²) in [7, 11) is 1.71. The number of aryl methyl sites for hydroxylation is 1. The lowest BCUT2D eigenvalue weighted by molar-refractivity contribution is -0.129. The van der Waals surface area contributed by atoms with Crippen LogP contribution in [0, 0.1) is 0 Å². The molecule has 0 bridgehead atoms. The maximum Gasteiger partial charge on any atom is 0.182 e. The van der Waals surface area contributed by atoms with E-state index in [4.69, 9.17) is 0 Å². The molecule has 1 aromatic rings. The van der Waals surface area contributed by atoms with E-state index in [1.807, 2.05) is 6.92 Å². The molecular formula is C12H21N5O. The lowest BCUT2D eigenvalue weighted by Crippen LogP contribution is -2.51. The first kappa shape index (κ1) is 13.1. The molecule has 100 valence electrons. The number of nitrogens with zero attached hydrogens (tertiary/aromatic N) is 5. The van der Waals surface area contributed by atoms with Crippen LogP contribution < -0.4 is 0 Å². The van der Waals surface area contributed by atoms with Gasteiger partial charge in [0.25, 0.3) is 0 Å². The third-order valence-corrected chi connectivity index (χ3v) is 3.96. The maximum absolute atomic E-state index is 12.5. The number of hydrogen-bond donors (Lipinski definition) is 0. The fourth-order valence-electron chi connectivity index (χ4n) is 2.54. The predicted molar refractivity (Wildman–Crippen MR) is 67.0 cm³/mol. The molecule has 0 saturated carbocycles. The van der Waals surface area contributed by atoms with Gasteiger partial charge in [0.05, 0.1) is 19.0 Å². The van der Waals surface area contributed by atoms with Crippen molar-refractivity contribution in [2.45, 2.75) is 45.1 Å². The first-order valence-electron chi connectivity index (χ1n) is 6.57. The molecule has 0 N–H and O–H groups in total. The highest BCUT2D eigenvalue weighted by Gasteiger charge is 2.38. The molecule has 0 amide bonds. The summed E-state index contributed by atoms with van der Waals surface area (Å²) in [5.41, 5.74) is -0.379. The van der Waals surface area contributed by atoms with Gasteiger partial charge in [0.15, 0.2) is 11.6 Å². The average molecular weight is 251 g/mol. The molecule has 0 spiro atoms. The molecule has 1 saturated heterocycles. The molecule has 1 aromatic heterocycles. The second-order valence-electron chi connectivity index (χ2n) is 5.12. The zero-order valence-corrected chi connectivity index (χ0v) is 11.4. The van der Waals surface area contributed by atoms with Crippen molar-refractivity contribution < 1.29 is 4.79 Å². The SMILES string of the molecule is CCC(C)(C(=O)Cc1nnn(C)n1)N1CCCC1. The fourth-order valence-corrected chi connectivity index (χ4v) is 2.54. The number of rotatable bonds is 5. The first-order chi connectivity index (χ1) is 8.56. The minimum absolute atomic E-state index is 0.194. The normalized spacial score (nSPS) is 19.9. The summed E-state index contributed by atoms with van der Waals surface area (Å²) in [6.07, 6.45) is 3.47. The minimum Gasteiger partial charge on any atom is -0.297 e. The van der Waals surface area contributed by atoms with Crippen LogP contribution in [0.2, 0.25) is 0 Å². The minimum atomic E-state index is -0.379. The number of tetrazole rings is 1. The Morgan fingerprint density at radius 3 is 2.56 bits per heavy atom. The number of carbonyl (C=O) groups is 1. The van der Waals surface area contributed by atoms with Gasteiger partial charge in [0.2, 0.25) is 0 Å². The lowest BCUT2D eigenvalue weighted by atomic mass is 9.89. The van der Waals surface area contributed by atoms with Crippen LogP contribution in [0.4, 0.5) is 0 Å². The van der Waals surface area contributed by atoms with E-state index in [1.54, 1.807) is 7.05 Å². The zero-order chi connectivity index (χ0) is 13.2. The second-order valence-corrected chi connectivity index (χ2v) is 5.12. The van der Waals surface area contributed by atoms with Gasteiger partial charge in [-0.25, -0.2) is 0 Å². The van der Waals surface area contributed by atoms with E-state index < -0.39 is 0 Å². The van der Waals surface area contributed by atoms with Gasteiger partial charge in [0.1, 0.15) is 0 Å². The van der Waals surface area contributed by atoms with E-state index in [-0.39, 0.29) is 17.7 Å². The summed E-state index contributed by atoms with van der Waals surface area (Å²) in [5, 5.41) is 11.7. The molecule has 2 rings (SSSR count). The fraction of sp³-hybridized carbons (Fsp3) is 0.833. The molecule has 6 heteroatoms. The zero-order valence-electron chi connectivity index (χ0n) is 11.4. The Kier molecular flexibility index (Phi) is 3.75. The molecule has 1 unspecified atom stereocenters. The van der Waals surface area contributed by atoms with E-state index in [2.05, 4.69) is 27.2 Å². The van der Waals surface area contributed by atoms with Crippen molar-refractivity contribution in [1.82, 2.24) is 25.1 Å². The van der Waals surface area contributed by atoms with Crippen LogP contribution in [0.25, 0.3) is 0 Å². The summed E-state index contributed by atoms with van der Waals surface area (Å²) in [5.74, 6) is 0.710.